The van der Waals surface area contributed by atoms with Gasteiger partial charge in [-0.2, -0.15) is 0 Å². The average Bonchev–Trinajstić information content (AvgIpc) is 3.25. The van der Waals surface area contributed by atoms with Gasteiger partial charge in [-0.1, -0.05) is 42.8 Å². The van der Waals surface area contributed by atoms with Gasteiger partial charge < -0.3 is 29.5 Å². The lowest BCUT2D eigenvalue weighted by Gasteiger charge is -2.59. The van der Waals surface area contributed by atoms with Crippen molar-refractivity contribution in [3.8, 4) is 11.5 Å². The normalized spacial score (nSPS) is 28.8. The molecule has 2 aromatic rings. The van der Waals surface area contributed by atoms with Gasteiger partial charge in [0.2, 0.25) is 6.10 Å². The molecule has 0 saturated heterocycles. The number of aliphatic hydroxyl groups is 1. The van der Waals surface area contributed by atoms with E-state index in [1.54, 1.807) is 42.5 Å². The summed E-state index contributed by atoms with van der Waals surface area (Å²) in [4.78, 5) is 36.8. The Morgan fingerprint density at radius 1 is 1.08 bits per heavy atom. The quantitative estimate of drug-likeness (QED) is 0.468. The summed E-state index contributed by atoms with van der Waals surface area (Å²) in [5.74, 6) is -2.26. The molecule has 9 nitrogen and oxygen atoms in total. The summed E-state index contributed by atoms with van der Waals surface area (Å²) < 4.78 is 17.0. The smallest absolute Gasteiger partial charge is 0.349 e. The van der Waals surface area contributed by atoms with Crippen molar-refractivity contribution in [1.82, 2.24) is 0 Å². The van der Waals surface area contributed by atoms with Crippen molar-refractivity contribution in [2.45, 2.75) is 68.2 Å². The molecule has 198 valence electrons. The van der Waals surface area contributed by atoms with Crippen LogP contribution in [-0.2, 0) is 35.7 Å². The number of carbonyl (C=O) groups is 3. The van der Waals surface area contributed by atoms with E-state index in [2.05, 4.69) is 0 Å². The van der Waals surface area contributed by atoms with Crippen LogP contribution in [0.15, 0.2) is 54.3 Å². The van der Waals surface area contributed by atoms with Crippen molar-refractivity contribution in [3.05, 3.63) is 71.0 Å². The zero-order chi connectivity index (χ0) is 26.7. The average molecular weight is 521 g/mol. The van der Waals surface area contributed by atoms with Gasteiger partial charge in [-0.15, -0.1) is 0 Å². The van der Waals surface area contributed by atoms with Crippen molar-refractivity contribution in [1.29, 1.82) is 0 Å². The van der Waals surface area contributed by atoms with E-state index in [4.69, 9.17) is 14.2 Å². The largest absolute Gasteiger partial charge is 0.504 e. The van der Waals surface area contributed by atoms with E-state index < -0.39 is 41.1 Å². The molecule has 2 aromatic carbocycles. The van der Waals surface area contributed by atoms with Gasteiger partial charge in [0.05, 0.1) is 23.9 Å². The molecule has 4 aliphatic rings. The van der Waals surface area contributed by atoms with Crippen LogP contribution in [0.3, 0.4) is 0 Å². The topological polar surface area (TPSA) is 140 Å². The zero-order valence-corrected chi connectivity index (χ0v) is 20.6. The van der Waals surface area contributed by atoms with Crippen molar-refractivity contribution in [2.24, 2.45) is 5.92 Å². The van der Waals surface area contributed by atoms with Gasteiger partial charge in [0.15, 0.2) is 17.6 Å². The molecule has 0 radical (unpaired) electrons. The van der Waals surface area contributed by atoms with E-state index in [9.17, 15) is 29.7 Å². The Labute approximate surface area is 218 Å². The van der Waals surface area contributed by atoms with Gasteiger partial charge in [0.1, 0.15) is 5.76 Å². The van der Waals surface area contributed by atoms with E-state index in [1.165, 1.54) is 0 Å². The van der Waals surface area contributed by atoms with Crippen LogP contribution in [0, 0.1) is 5.92 Å². The summed E-state index contributed by atoms with van der Waals surface area (Å²) in [5, 5.41) is 32.0. The number of phenolic OH excluding ortho intramolecular Hbond substituents is 1. The highest BCUT2D eigenvalue weighted by atomic mass is 16.6. The number of hydrogen-bond donors (Lipinski definition) is 3. The Morgan fingerprint density at radius 2 is 1.84 bits per heavy atom. The zero-order valence-electron chi connectivity index (χ0n) is 20.6. The number of rotatable bonds is 7. The SMILES string of the molecule is O=C(CCC(=O)O[C@H](C(=O)O)c1ccccc1)OC1=CC[C@@]2(O)[C@@H]3CCC[C@@]24c2c(ccc(O)c2O[C@@H]14)C3. The summed E-state index contributed by atoms with van der Waals surface area (Å²) >= 11 is 0. The number of ether oxygens (including phenoxy) is 3. The van der Waals surface area contributed by atoms with Crippen LogP contribution < -0.4 is 4.74 Å². The standard InChI is InChI=1S/C29H28O9/c30-19-9-8-17-15-18-7-4-13-28-23(17)25(19)38-26(28)20(12-14-29(18,28)35)36-21(31)10-11-22(32)37-24(27(33)34)16-5-2-1-3-6-16/h1-3,5-6,8-9,12,18,24,26,30,35H,4,7,10-11,13-15H2,(H,33,34)/t18-,24+,26+,28+,29-/m1/s1. The van der Waals surface area contributed by atoms with Crippen LogP contribution in [-0.4, -0.2) is 44.9 Å². The maximum absolute atomic E-state index is 12.8. The minimum Gasteiger partial charge on any atom is -0.504 e. The second-order valence-corrected chi connectivity index (χ2v) is 10.5. The second kappa shape index (κ2) is 8.87. The summed E-state index contributed by atoms with van der Waals surface area (Å²) in [7, 11) is 0. The second-order valence-electron chi connectivity index (χ2n) is 10.5. The molecule has 2 bridgehead atoms. The number of carboxylic acid groups (broad SMARTS) is 1. The minimum atomic E-state index is -1.48. The van der Waals surface area contributed by atoms with E-state index >= 15 is 0 Å². The van der Waals surface area contributed by atoms with Crippen LogP contribution in [0.1, 0.15) is 61.3 Å². The third-order valence-electron chi connectivity index (χ3n) is 8.60. The summed E-state index contributed by atoms with van der Waals surface area (Å²) in [6.45, 7) is 0. The summed E-state index contributed by atoms with van der Waals surface area (Å²) in [5.41, 5.74) is 0.257. The molecule has 3 N–H and O–H groups in total. The first-order valence-corrected chi connectivity index (χ1v) is 12.9. The molecule has 0 unspecified atom stereocenters. The molecule has 9 heteroatoms. The number of aliphatic carboxylic acids is 1. The van der Waals surface area contributed by atoms with E-state index in [0.29, 0.717) is 24.2 Å². The van der Waals surface area contributed by atoms with Crippen molar-refractivity contribution < 1.29 is 43.9 Å². The van der Waals surface area contributed by atoms with Crippen LogP contribution in [0.2, 0.25) is 0 Å². The number of hydrogen-bond acceptors (Lipinski definition) is 8. The number of carboxylic acids is 1. The van der Waals surface area contributed by atoms with Gasteiger partial charge in [-0.3, -0.25) is 9.59 Å². The molecule has 0 aromatic heterocycles. The van der Waals surface area contributed by atoms with Crippen LogP contribution >= 0.6 is 0 Å². The van der Waals surface area contributed by atoms with Crippen LogP contribution in [0.4, 0.5) is 0 Å². The highest BCUT2D eigenvalue weighted by Crippen LogP contribution is 2.67. The first kappa shape index (κ1) is 24.5. The maximum Gasteiger partial charge on any atom is 0.349 e. The lowest BCUT2D eigenvalue weighted by molar-refractivity contribution is -0.166. The number of carbonyl (C=O) groups excluding carboxylic acids is 2. The van der Waals surface area contributed by atoms with Gasteiger partial charge in [0.25, 0.3) is 0 Å². The number of esters is 2. The molecule has 1 spiro atoms. The number of aromatic hydroxyl groups is 1. The molecule has 0 amide bonds. The van der Waals surface area contributed by atoms with E-state index in [0.717, 1.165) is 24.0 Å². The highest BCUT2D eigenvalue weighted by Gasteiger charge is 2.70. The van der Waals surface area contributed by atoms with Crippen molar-refractivity contribution >= 4 is 17.9 Å². The number of benzene rings is 2. The molecule has 1 heterocycles. The lowest BCUT2D eigenvalue weighted by Crippen LogP contribution is -2.67. The maximum atomic E-state index is 12.8. The minimum absolute atomic E-state index is 0.0151. The Kier molecular flexibility index (Phi) is 5.72. The Balaban J connectivity index is 1.18. The van der Waals surface area contributed by atoms with E-state index in [-0.39, 0.29) is 36.7 Å². The van der Waals surface area contributed by atoms with Crippen molar-refractivity contribution in [2.75, 3.05) is 0 Å². The summed E-state index contributed by atoms with van der Waals surface area (Å²) in [6.07, 6.45) is 2.10. The third-order valence-corrected chi connectivity index (χ3v) is 8.60. The molecular formula is C29H28O9. The monoisotopic (exact) mass is 520 g/mol. The Bertz CT molecular complexity index is 1350. The molecule has 6 rings (SSSR count). The molecule has 5 atom stereocenters. The van der Waals surface area contributed by atoms with Gasteiger partial charge in [-0.05, 0) is 49.3 Å². The fourth-order valence-corrected chi connectivity index (χ4v) is 7.00. The number of phenols is 1. The molecule has 1 saturated carbocycles. The third kappa shape index (κ3) is 3.52. The van der Waals surface area contributed by atoms with Gasteiger partial charge >= 0.3 is 17.9 Å². The fourth-order valence-electron chi connectivity index (χ4n) is 7.00. The first-order valence-electron chi connectivity index (χ1n) is 12.9. The first-order chi connectivity index (χ1) is 18.2. The Hall–Kier alpha value is -3.85. The van der Waals surface area contributed by atoms with Gasteiger partial charge in [-0.25, -0.2) is 4.79 Å². The lowest BCUT2D eigenvalue weighted by atomic mass is 9.47. The summed E-state index contributed by atoms with van der Waals surface area (Å²) in [6, 6.07) is 11.6. The van der Waals surface area contributed by atoms with Gasteiger partial charge in [0, 0.05) is 11.1 Å². The van der Waals surface area contributed by atoms with Crippen LogP contribution in [0.5, 0.6) is 11.5 Å². The fraction of sp³-hybridized carbons (Fsp3) is 0.414. The molecule has 3 aliphatic carbocycles. The Morgan fingerprint density at radius 3 is 2.61 bits per heavy atom. The van der Waals surface area contributed by atoms with E-state index in [1.807, 2.05) is 6.07 Å². The highest BCUT2D eigenvalue weighted by molar-refractivity contribution is 5.82. The predicted octanol–water partition coefficient (Wildman–Crippen LogP) is 3.46. The van der Waals surface area contributed by atoms with Crippen molar-refractivity contribution in [3.63, 3.8) is 0 Å². The molecule has 1 fully saturated rings. The predicted molar refractivity (Wildman–Crippen MR) is 131 cm³/mol. The molecule has 1 aliphatic heterocycles. The molecular weight excluding hydrogens is 492 g/mol. The molecule has 38 heavy (non-hydrogen) atoms. The van der Waals surface area contributed by atoms with Crippen LogP contribution in [0.25, 0.3) is 0 Å².